The zero-order valence-corrected chi connectivity index (χ0v) is 12.2. The molecule has 104 valence electrons. The number of rotatable bonds is 2. The molecule has 0 radical (unpaired) electrons. The maximum Gasteiger partial charge on any atom is 0.195 e. The highest BCUT2D eigenvalue weighted by Gasteiger charge is 2.18. The summed E-state index contributed by atoms with van der Waals surface area (Å²) in [5.41, 5.74) is 4.97. The number of carbonyl (C=O) groups is 1. The summed E-state index contributed by atoms with van der Waals surface area (Å²) in [5, 5.41) is 1.52. The summed E-state index contributed by atoms with van der Waals surface area (Å²) in [6, 6.07) is 11.7. The second-order valence-electron chi connectivity index (χ2n) is 5.53. The van der Waals surface area contributed by atoms with Gasteiger partial charge in [0.15, 0.2) is 5.78 Å². The second-order valence-corrected chi connectivity index (χ2v) is 5.94. The molecule has 0 saturated heterocycles. The van der Waals surface area contributed by atoms with Gasteiger partial charge in [0, 0.05) is 22.7 Å². The SMILES string of the molecule is O=C(c1ccc2c(c1)CCC2)c1c[nH]c2c(Cl)cccc12. The zero-order valence-electron chi connectivity index (χ0n) is 11.4. The van der Waals surface area contributed by atoms with Crippen LogP contribution >= 0.6 is 11.6 Å². The Morgan fingerprint density at radius 3 is 2.86 bits per heavy atom. The van der Waals surface area contributed by atoms with Crippen LogP contribution in [0.1, 0.15) is 33.5 Å². The van der Waals surface area contributed by atoms with Crippen LogP contribution in [0.2, 0.25) is 5.02 Å². The number of aryl methyl sites for hydroxylation is 2. The summed E-state index contributed by atoms with van der Waals surface area (Å²) < 4.78 is 0. The lowest BCUT2D eigenvalue weighted by molar-refractivity contribution is 0.104. The highest BCUT2D eigenvalue weighted by molar-refractivity contribution is 6.35. The number of halogens is 1. The van der Waals surface area contributed by atoms with Gasteiger partial charge in [-0.3, -0.25) is 4.79 Å². The smallest absolute Gasteiger partial charge is 0.195 e. The number of H-pyrrole nitrogens is 1. The van der Waals surface area contributed by atoms with Crippen LogP contribution in [0.5, 0.6) is 0 Å². The molecule has 1 N–H and O–H groups in total. The van der Waals surface area contributed by atoms with Crippen LogP contribution in [-0.2, 0) is 12.8 Å². The van der Waals surface area contributed by atoms with Crippen molar-refractivity contribution in [2.24, 2.45) is 0 Å². The van der Waals surface area contributed by atoms with Gasteiger partial charge in [-0.25, -0.2) is 0 Å². The molecule has 0 unspecified atom stereocenters. The Kier molecular flexibility index (Phi) is 2.86. The summed E-state index contributed by atoms with van der Waals surface area (Å²) in [6.45, 7) is 0. The van der Waals surface area contributed by atoms with E-state index in [1.165, 1.54) is 17.5 Å². The Hall–Kier alpha value is -2.06. The molecule has 2 nitrogen and oxygen atoms in total. The van der Waals surface area contributed by atoms with Crippen molar-refractivity contribution < 1.29 is 4.79 Å². The monoisotopic (exact) mass is 295 g/mol. The largest absolute Gasteiger partial charge is 0.359 e. The Bertz CT molecular complexity index is 863. The first kappa shape index (κ1) is 12.7. The number of ketones is 1. The first-order valence-corrected chi connectivity index (χ1v) is 7.54. The van der Waals surface area contributed by atoms with Crippen LogP contribution < -0.4 is 0 Å². The number of hydrogen-bond donors (Lipinski definition) is 1. The molecule has 0 amide bonds. The number of aromatic nitrogens is 1. The van der Waals surface area contributed by atoms with Crippen LogP contribution in [-0.4, -0.2) is 10.8 Å². The van der Waals surface area contributed by atoms with E-state index in [-0.39, 0.29) is 5.78 Å². The van der Waals surface area contributed by atoms with Gasteiger partial charge >= 0.3 is 0 Å². The van der Waals surface area contributed by atoms with Crippen LogP contribution in [0.3, 0.4) is 0 Å². The summed E-state index contributed by atoms with van der Waals surface area (Å²) in [5.74, 6) is 0.0539. The molecular weight excluding hydrogens is 282 g/mol. The third-order valence-corrected chi connectivity index (χ3v) is 4.58. The number of carbonyl (C=O) groups excluding carboxylic acids is 1. The Morgan fingerprint density at radius 2 is 1.95 bits per heavy atom. The summed E-state index contributed by atoms with van der Waals surface area (Å²) in [4.78, 5) is 15.9. The van der Waals surface area contributed by atoms with Gasteiger partial charge in [0.1, 0.15) is 0 Å². The molecule has 1 aliphatic carbocycles. The van der Waals surface area contributed by atoms with Crippen molar-refractivity contribution in [1.29, 1.82) is 0 Å². The van der Waals surface area contributed by atoms with Gasteiger partial charge in [-0.15, -0.1) is 0 Å². The molecule has 21 heavy (non-hydrogen) atoms. The van der Waals surface area contributed by atoms with Crippen molar-refractivity contribution >= 4 is 28.3 Å². The fourth-order valence-corrected chi connectivity index (χ4v) is 3.40. The molecule has 2 aromatic carbocycles. The Balaban J connectivity index is 1.82. The van der Waals surface area contributed by atoms with Crippen LogP contribution in [0.15, 0.2) is 42.6 Å². The molecule has 1 aliphatic rings. The Labute approximate surface area is 127 Å². The van der Waals surface area contributed by atoms with Crippen LogP contribution in [0.4, 0.5) is 0 Å². The van der Waals surface area contributed by atoms with E-state index >= 15 is 0 Å². The fraction of sp³-hybridized carbons (Fsp3) is 0.167. The quantitative estimate of drug-likeness (QED) is 0.692. The fourth-order valence-electron chi connectivity index (χ4n) is 3.17. The highest BCUT2D eigenvalue weighted by atomic mass is 35.5. The van der Waals surface area contributed by atoms with Gasteiger partial charge in [-0.05, 0) is 42.5 Å². The molecule has 0 bridgehead atoms. The lowest BCUT2D eigenvalue weighted by Gasteiger charge is -2.04. The molecule has 0 saturated carbocycles. The zero-order chi connectivity index (χ0) is 14.4. The molecule has 1 heterocycles. The molecular formula is C18H14ClNO. The van der Waals surface area contributed by atoms with Crippen molar-refractivity contribution in [1.82, 2.24) is 4.98 Å². The van der Waals surface area contributed by atoms with E-state index < -0.39 is 0 Å². The van der Waals surface area contributed by atoms with Gasteiger partial charge in [0.25, 0.3) is 0 Å². The van der Waals surface area contributed by atoms with Crippen LogP contribution in [0, 0.1) is 0 Å². The first-order valence-electron chi connectivity index (χ1n) is 7.16. The van der Waals surface area contributed by atoms with E-state index in [9.17, 15) is 4.79 Å². The summed E-state index contributed by atoms with van der Waals surface area (Å²) in [7, 11) is 0. The van der Waals surface area contributed by atoms with Crippen molar-refractivity contribution in [3.63, 3.8) is 0 Å². The predicted molar refractivity (Wildman–Crippen MR) is 85.2 cm³/mol. The normalized spacial score (nSPS) is 13.6. The third-order valence-electron chi connectivity index (χ3n) is 4.27. The molecule has 0 atom stereocenters. The molecule has 0 fully saturated rings. The number of para-hydroxylation sites is 1. The van der Waals surface area contributed by atoms with E-state index in [1.807, 2.05) is 30.3 Å². The minimum atomic E-state index is 0.0539. The van der Waals surface area contributed by atoms with E-state index in [4.69, 9.17) is 11.6 Å². The van der Waals surface area contributed by atoms with Crippen molar-refractivity contribution in [2.75, 3.05) is 0 Å². The van der Waals surface area contributed by atoms with Crippen molar-refractivity contribution in [3.8, 4) is 0 Å². The number of nitrogens with one attached hydrogen (secondary N) is 1. The summed E-state index contributed by atoms with van der Waals surface area (Å²) >= 11 is 6.16. The third kappa shape index (κ3) is 1.98. The predicted octanol–water partition coefficient (Wildman–Crippen LogP) is 4.54. The van der Waals surface area contributed by atoms with Gasteiger partial charge < -0.3 is 4.98 Å². The number of fused-ring (bicyclic) bond motifs is 2. The molecule has 4 rings (SSSR count). The molecule has 3 heteroatoms. The van der Waals surface area contributed by atoms with E-state index in [1.54, 1.807) is 6.20 Å². The highest BCUT2D eigenvalue weighted by Crippen LogP contribution is 2.28. The van der Waals surface area contributed by atoms with E-state index in [2.05, 4.69) is 11.1 Å². The minimum Gasteiger partial charge on any atom is -0.359 e. The molecule has 1 aromatic heterocycles. The maximum absolute atomic E-state index is 12.8. The molecule has 3 aromatic rings. The number of hydrogen-bond acceptors (Lipinski definition) is 1. The number of benzene rings is 2. The first-order chi connectivity index (χ1) is 10.2. The lowest BCUT2D eigenvalue weighted by Crippen LogP contribution is -2.01. The number of aromatic amines is 1. The van der Waals surface area contributed by atoms with E-state index in [0.717, 1.165) is 29.3 Å². The van der Waals surface area contributed by atoms with E-state index in [0.29, 0.717) is 10.6 Å². The minimum absolute atomic E-state index is 0.0539. The second kappa shape index (κ2) is 4.74. The summed E-state index contributed by atoms with van der Waals surface area (Å²) in [6.07, 6.45) is 5.16. The van der Waals surface area contributed by atoms with Gasteiger partial charge in [0.05, 0.1) is 10.5 Å². The Morgan fingerprint density at radius 1 is 1.10 bits per heavy atom. The maximum atomic E-state index is 12.8. The topological polar surface area (TPSA) is 32.9 Å². The van der Waals surface area contributed by atoms with Gasteiger partial charge in [0.2, 0.25) is 0 Å². The lowest BCUT2D eigenvalue weighted by atomic mass is 9.99. The van der Waals surface area contributed by atoms with Crippen molar-refractivity contribution in [3.05, 3.63) is 69.9 Å². The average Bonchev–Trinajstić information content (AvgIpc) is 3.13. The average molecular weight is 296 g/mol. The molecule has 0 aliphatic heterocycles. The van der Waals surface area contributed by atoms with Gasteiger partial charge in [-0.2, -0.15) is 0 Å². The van der Waals surface area contributed by atoms with Gasteiger partial charge in [-0.1, -0.05) is 35.9 Å². The molecule has 0 spiro atoms. The van der Waals surface area contributed by atoms with Crippen LogP contribution in [0.25, 0.3) is 10.9 Å². The van der Waals surface area contributed by atoms with Crippen molar-refractivity contribution in [2.45, 2.75) is 19.3 Å². The standard InChI is InChI=1S/C18H14ClNO/c19-16-6-2-5-14-15(10-20-17(14)16)18(21)13-8-7-11-3-1-4-12(11)9-13/h2,5-10,20H,1,3-4H2.